The molecule has 2 amide bonds. The van der Waals surface area contributed by atoms with Crippen LogP contribution in [-0.4, -0.2) is 40.5 Å². The second-order valence-corrected chi connectivity index (χ2v) is 7.89. The highest BCUT2D eigenvalue weighted by Gasteiger charge is 2.35. The molecule has 0 saturated heterocycles. The number of amides is 2. The van der Waals surface area contributed by atoms with Crippen LogP contribution in [0, 0.1) is 5.92 Å². The van der Waals surface area contributed by atoms with E-state index in [-0.39, 0.29) is 30.2 Å². The van der Waals surface area contributed by atoms with Crippen LogP contribution in [0.15, 0.2) is 42.6 Å². The number of nitrogens with one attached hydrogen (secondary N) is 1. The maximum absolute atomic E-state index is 13.0. The minimum Gasteiger partial charge on any atom is -0.468 e. The second kappa shape index (κ2) is 10.0. The molecule has 9 heteroatoms. The minimum atomic E-state index is -4.46. The maximum Gasteiger partial charge on any atom is 0.422 e. The zero-order valence-electron chi connectivity index (χ0n) is 18.0. The molecule has 0 radical (unpaired) electrons. The number of alkyl halides is 3. The third kappa shape index (κ3) is 5.99. The Hall–Kier alpha value is -3.10. The molecule has 1 N–H and O–H groups in total. The van der Waals surface area contributed by atoms with Crippen LogP contribution in [0.1, 0.15) is 37.0 Å². The topological polar surface area (TPSA) is 71.5 Å². The van der Waals surface area contributed by atoms with Crippen LogP contribution in [0.4, 0.5) is 13.2 Å². The van der Waals surface area contributed by atoms with E-state index in [0.29, 0.717) is 24.9 Å². The Bertz CT molecular complexity index is 965. The van der Waals surface area contributed by atoms with Gasteiger partial charge in [-0.15, -0.1) is 0 Å². The van der Waals surface area contributed by atoms with Gasteiger partial charge in [0.25, 0.3) is 0 Å². The largest absolute Gasteiger partial charge is 0.468 e. The van der Waals surface area contributed by atoms with Gasteiger partial charge in [-0.25, -0.2) is 4.98 Å². The lowest BCUT2D eigenvalue weighted by Gasteiger charge is -2.37. The Balaban J connectivity index is 1.70. The molecule has 0 unspecified atom stereocenters. The van der Waals surface area contributed by atoms with Crippen molar-refractivity contribution in [2.75, 3.05) is 6.61 Å². The van der Waals surface area contributed by atoms with Crippen molar-refractivity contribution in [3.63, 3.8) is 0 Å². The van der Waals surface area contributed by atoms with E-state index >= 15 is 0 Å². The van der Waals surface area contributed by atoms with E-state index in [1.165, 1.54) is 12.3 Å². The average molecular weight is 449 g/mol. The van der Waals surface area contributed by atoms with Gasteiger partial charge >= 0.3 is 6.18 Å². The Morgan fingerprint density at radius 1 is 1.25 bits per heavy atom. The highest BCUT2D eigenvalue weighted by molar-refractivity contribution is 5.89. The number of nitrogens with zero attached hydrogens (tertiary/aromatic N) is 2. The molecule has 2 atom stereocenters. The van der Waals surface area contributed by atoms with Crippen LogP contribution < -0.4 is 10.1 Å². The molecule has 2 aromatic rings. The summed E-state index contributed by atoms with van der Waals surface area (Å²) in [4.78, 5) is 31.4. The van der Waals surface area contributed by atoms with Crippen molar-refractivity contribution < 1.29 is 27.5 Å². The first-order chi connectivity index (χ1) is 15.2. The van der Waals surface area contributed by atoms with Gasteiger partial charge in [-0.1, -0.05) is 38.1 Å². The van der Waals surface area contributed by atoms with Crippen molar-refractivity contribution >= 4 is 11.8 Å². The van der Waals surface area contributed by atoms with Crippen molar-refractivity contribution in [2.24, 2.45) is 5.92 Å². The first-order valence-corrected chi connectivity index (χ1v) is 10.5. The molecule has 0 spiro atoms. The second-order valence-electron chi connectivity index (χ2n) is 7.89. The number of hydrogen-bond donors (Lipinski definition) is 1. The highest BCUT2D eigenvalue weighted by atomic mass is 19.4. The Labute approximate surface area is 184 Å². The fourth-order valence-electron chi connectivity index (χ4n) is 3.55. The lowest BCUT2D eigenvalue weighted by Crippen LogP contribution is -2.53. The van der Waals surface area contributed by atoms with E-state index in [0.717, 1.165) is 11.1 Å². The summed E-state index contributed by atoms with van der Waals surface area (Å²) in [6, 6.07) is 10.00. The molecule has 2 heterocycles. The summed E-state index contributed by atoms with van der Waals surface area (Å²) in [5.74, 6) is -0.766. The molecule has 1 aromatic heterocycles. The predicted molar refractivity (Wildman–Crippen MR) is 112 cm³/mol. The maximum atomic E-state index is 13.0. The van der Waals surface area contributed by atoms with Crippen molar-refractivity contribution in [1.29, 1.82) is 0 Å². The first-order valence-electron chi connectivity index (χ1n) is 10.5. The summed E-state index contributed by atoms with van der Waals surface area (Å²) >= 11 is 0. The number of carbonyl (C=O) groups is 2. The summed E-state index contributed by atoms with van der Waals surface area (Å²) in [6.45, 7) is 2.77. The normalized spacial score (nSPS) is 16.8. The quantitative estimate of drug-likeness (QED) is 0.701. The number of hydrogen-bond acceptors (Lipinski definition) is 4. The zero-order valence-corrected chi connectivity index (χ0v) is 18.0. The number of benzene rings is 1. The number of carbonyl (C=O) groups excluding carboxylic acids is 2. The van der Waals surface area contributed by atoms with E-state index < -0.39 is 18.8 Å². The van der Waals surface area contributed by atoms with Crippen molar-refractivity contribution in [1.82, 2.24) is 15.2 Å². The van der Waals surface area contributed by atoms with E-state index in [1.807, 2.05) is 38.1 Å². The molecule has 1 aliphatic rings. The van der Waals surface area contributed by atoms with Crippen LogP contribution >= 0.6 is 0 Å². The summed E-state index contributed by atoms with van der Waals surface area (Å²) in [5.41, 5.74) is 2.59. The van der Waals surface area contributed by atoms with E-state index in [1.54, 1.807) is 11.0 Å². The average Bonchev–Trinajstić information content (AvgIpc) is 2.79. The van der Waals surface area contributed by atoms with Gasteiger partial charge in [0.2, 0.25) is 17.7 Å². The summed E-state index contributed by atoms with van der Waals surface area (Å²) in [5, 5.41) is 2.80. The van der Waals surface area contributed by atoms with E-state index in [2.05, 4.69) is 15.0 Å². The van der Waals surface area contributed by atoms with Gasteiger partial charge in [0, 0.05) is 37.7 Å². The number of halogens is 3. The molecule has 0 fully saturated rings. The van der Waals surface area contributed by atoms with Crippen molar-refractivity contribution in [3.05, 3.63) is 59.3 Å². The molecule has 1 aromatic carbocycles. The van der Waals surface area contributed by atoms with Crippen LogP contribution in [0.5, 0.6) is 5.88 Å². The van der Waals surface area contributed by atoms with Gasteiger partial charge < -0.3 is 15.0 Å². The number of ether oxygens (including phenoxy) is 1. The summed E-state index contributed by atoms with van der Waals surface area (Å²) in [6.07, 6.45) is -2.07. The standard InChI is InChI=1S/C23H26F3N3O3/c1-3-15(2)22(31)29-13-18-7-5-4-6-17(18)11-19(29)21(30)28-12-16-8-9-27-20(10-16)32-14-23(24,25)26/h4-10,15,19H,3,11-14H2,1-2H3,(H,28,30)/t15-,19-/m1/s1. The third-order valence-electron chi connectivity index (χ3n) is 5.52. The number of pyridine rings is 1. The monoisotopic (exact) mass is 449 g/mol. The van der Waals surface area contributed by atoms with E-state index in [4.69, 9.17) is 0 Å². The lowest BCUT2D eigenvalue weighted by atomic mass is 9.92. The molecular formula is C23H26F3N3O3. The number of rotatable bonds is 7. The lowest BCUT2D eigenvalue weighted by molar-refractivity contribution is -0.154. The molecular weight excluding hydrogens is 423 g/mol. The molecule has 32 heavy (non-hydrogen) atoms. The molecule has 0 aliphatic carbocycles. The molecule has 3 rings (SSSR count). The van der Waals surface area contributed by atoms with Gasteiger partial charge in [0.05, 0.1) is 0 Å². The molecule has 6 nitrogen and oxygen atoms in total. The van der Waals surface area contributed by atoms with Crippen LogP contribution in [0.2, 0.25) is 0 Å². The fraction of sp³-hybridized carbons (Fsp3) is 0.435. The van der Waals surface area contributed by atoms with Gasteiger partial charge in [0.1, 0.15) is 6.04 Å². The Kier molecular flexibility index (Phi) is 7.37. The number of fused-ring (bicyclic) bond motifs is 1. The minimum absolute atomic E-state index is 0.0751. The molecule has 0 saturated carbocycles. The third-order valence-corrected chi connectivity index (χ3v) is 5.52. The predicted octanol–water partition coefficient (Wildman–Crippen LogP) is 3.64. The van der Waals surface area contributed by atoms with Crippen LogP contribution in [0.3, 0.4) is 0 Å². The van der Waals surface area contributed by atoms with Gasteiger partial charge in [0.15, 0.2) is 6.61 Å². The van der Waals surface area contributed by atoms with Crippen LogP contribution in [0.25, 0.3) is 0 Å². The van der Waals surface area contributed by atoms with E-state index in [9.17, 15) is 22.8 Å². The van der Waals surface area contributed by atoms with Gasteiger partial charge in [-0.05, 0) is 29.2 Å². The smallest absolute Gasteiger partial charge is 0.422 e. The molecule has 0 bridgehead atoms. The SMILES string of the molecule is CC[C@@H](C)C(=O)N1Cc2ccccc2C[C@@H]1C(=O)NCc1ccnc(OCC(F)(F)F)c1. The number of aromatic nitrogens is 1. The summed E-state index contributed by atoms with van der Waals surface area (Å²) < 4.78 is 41.7. The van der Waals surface area contributed by atoms with Gasteiger partial charge in [-0.3, -0.25) is 9.59 Å². The highest BCUT2D eigenvalue weighted by Crippen LogP contribution is 2.26. The fourth-order valence-corrected chi connectivity index (χ4v) is 3.55. The first kappa shape index (κ1) is 23.6. The molecule has 172 valence electrons. The Morgan fingerprint density at radius 2 is 1.97 bits per heavy atom. The summed E-state index contributed by atoms with van der Waals surface area (Å²) in [7, 11) is 0. The zero-order chi connectivity index (χ0) is 23.3. The van der Waals surface area contributed by atoms with Crippen molar-refractivity contribution in [3.8, 4) is 5.88 Å². The van der Waals surface area contributed by atoms with Gasteiger partial charge in [-0.2, -0.15) is 13.2 Å². The van der Waals surface area contributed by atoms with Crippen molar-refractivity contribution in [2.45, 2.75) is 52.0 Å². The van der Waals surface area contributed by atoms with Crippen LogP contribution in [-0.2, 0) is 29.1 Å². The Morgan fingerprint density at radius 3 is 2.66 bits per heavy atom. The molecule has 1 aliphatic heterocycles.